The van der Waals surface area contributed by atoms with E-state index in [0.29, 0.717) is 29.6 Å². The van der Waals surface area contributed by atoms with Crippen LogP contribution in [-0.4, -0.2) is 41.0 Å². The summed E-state index contributed by atoms with van der Waals surface area (Å²) in [5, 5.41) is 4.39. The van der Waals surface area contributed by atoms with E-state index in [4.69, 9.17) is 11.6 Å². The Balaban J connectivity index is 2.37. The molecule has 21 heavy (non-hydrogen) atoms. The van der Waals surface area contributed by atoms with Gasteiger partial charge in [-0.05, 0) is 39.5 Å². The fourth-order valence-corrected chi connectivity index (χ4v) is 4.95. The van der Waals surface area contributed by atoms with Crippen molar-refractivity contribution in [3.63, 3.8) is 0 Å². The maximum Gasteiger partial charge on any atom is 0.246 e. The van der Waals surface area contributed by atoms with Crippen molar-refractivity contribution in [2.75, 3.05) is 12.4 Å². The van der Waals surface area contributed by atoms with E-state index in [1.165, 1.54) is 0 Å². The van der Waals surface area contributed by atoms with Gasteiger partial charge in [0.15, 0.2) is 0 Å². The number of rotatable bonds is 8. The van der Waals surface area contributed by atoms with Crippen LogP contribution in [-0.2, 0) is 16.6 Å². The average Bonchev–Trinajstić information content (AvgIpc) is 3.20. The Bertz CT molecular complexity index is 594. The summed E-state index contributed by atoms with van der Waals surface area (Å²) in [7, 11) is -3.45. The highest BCUT2D eigenvalue weighted by Crippen LogP contribution is 2.34. The molecule has 120 valence electrons. The van der Waals surface area contributed by atoms with E-state index in [1.54, 1.807) is 15.9 Å². The van der Waals surface area contributed by atoms with Gasteiger partial charge in [0.05, 0.1) is 11.4 Å². The molecule has 0 N–H and O–H groups in total. The zero-order valence-corrected chi connectivity index (χ0v) is 14.5. The van der Waals surface area contributed by atoms with Crippen LogP contribution in [0.15, 0.2) is 4.90 Å². The summed E-state index contributed by atoms with van der Waals surface area (Å²) in [6, 6.07) is 0.181. The number of nitrogens with zero attached hydrogens (tertiary/aromatic N) is 3. The predicted molar refractivity (Wildman–Crippen MR) is 84.2 cm³/mol. The lowest BCUT2D eigenvalue weighted by molar-refractivity contribution is 0.402. The zero-order chi connectivity index (χ0) is 15.6. The van der Waals surface area contributed by atoms with Gasteiger partial charge in [0, 0.05) is 25.0 Å². The molecule has 1 aromatic heterocycles. The lowest BCUT2D eigenvalue weighted by atomic mass is 10.4. The molecule has 0 aliphatic heterocycles. The summed E-state index contributed by atoms with van der Waals surface area (Å²) >= 11 is 5.71. The van der Waals surface area contributed by atoms with Gasteiger partial charge in [-0.1, -0.05) is 6.92 Å². The third kappa shape index (κ3) is 3.43. The molecule has 1 fully saturated rings. The first-order chi connectivity index (χ1) is 9.93. The number of halogens is 1. The van der Waals surface area contributed by atoms with E-state index >= 15 is 0 Å². The van der Waals surface area contributed by atoms with Gasteiger partial charge >= 0.3 is 0 Å². The van der Waals surface area contributed by atoms with Crippen LogP contribution in [0.2, 0.25) is 0 Å². The average molecular weight is 334 g/mol. The summed E-state index contributed by atoms with van der Waals surface area (Å²) in [6.45, 7) is 6.85. The molecule has 0 unspecified atom stereocenters. The number of aryl methyl sites for hydroxylation is 2. The highest BCUT2D eigenvalue weighted by atomic mass is 35.5. The van der Waals surface area contributed by atoms with Gasteiger partial charge in [-0.3, -0.25) is 4.68 Å². The van der Waals surface area contributed by atoms with Crippen molar-refractivity contribution in [1.29, 1.82) is 0 Å². The number of sulfonamides is 1. The van der Waals surface area contributed by atoms with Crippen LogP contribution < -0.4 is 0 Å². The normalized spacial score (nSPS) is 15.9. The molecule has 1 heterocycles. The molecule has 0 amide bonds. The Morgan fingerprint density at radius 2 is 2.05 bits per heavy atom. The van der Waals surface area contributed by atoms with E-state index in [9.17, 15) is 8.42 Å². The summed E-state index contributed by atoms with van der Waals surface area (Å²) in [4.78, 5) is 0.387. The smallest absolute Gasteiger partial charge is 0.246 e. The molecule has 5 nitrogen and oxygen atoms in total. The molecule has 2 rings (SSSR count). The maximum atomic E-state index is 13.0. The third-order valence-corrected chi connectivity index (χ3v) is 6.26. The molecule has 1 saturated carbocycles. The van der Waals surface area contributed by atoms with Gasteiger partial charge in [0.1, 0.15) is 4.90 Å². The standard InChI is InChI=1S/C14H24ClN3O2S/c1-4-9-18(13-6-7-13)21(19,20)14-11(2)16-17(12(14)3)10-5-8-15/h13H,4-10H2,1-3H3. The van der Waals surface area contributed by atoms with E-state index < -0.39 is 10.0 Å². The number of hydrogen-bond acceptors (Lipinski definition) is 3. The molecule has 0 atom stereocenters. The largest absolute Gasteiger partial charge is 0.268 e. The highest BCUT2D eigenvalue weighted by molar-refractivity contribution is 7.89. The van der Waals surface area contributed by atoms with Gasteiger partial charge in [-0.2, -0.15) is 9.40 Å². The molecule has 1 aliphatic rings. The molecular formula is C14H24ClN3O2S. The van der Waals surface area contributed by atoms with Crippen molar-refractivity contribution >= 4 is 21.6 Å². The first kappa shape index (κ1) is 16.8. The van der Waals surface area contributed by atoms with Gasteiger partial charge in [0.25, 0.3) is 0 Å². The molecule has 7 heteroatoms. The summed E-state index contributed by atoms with van der Waals surface area (Å²) < 4.78 is 29.4. The van der Waals surface area contributed by atoms with Crippen LogP contribution in [0.5, 0.6) is 0 Å². The van der Waals surface area contributed by atoms with Gasteiger partial charge in [0.2, 0.25) is 10.0 Å². The van der Waals surface area contributed by atoms with Crippen LogP contribution in [0.3, 0.4) is 0 Å². The van der Waals surface area contributed by atoms with Crippen LogP contribution in [0.25, 0.3) is 0 Å². The minimum atomic E-state index is -3.45. The minimum absolute atomic E-state index is 0.181. The monoisotopic (exact) mass is 333 g/mol. The van der Waals surface area contributed by atoms with E-state index in [0.717, 1.165) is 31.4 Å². The van der Waals surface area contributed by atoms with Gasteiger partial charge in [-0.25, -0.2) is 8.42 Å². The molecule has 1 aromatic rings. The van der Waals surface area contributed by atoms with Crippen LogP contribution in [0.1, 0.15) is 44.0 Å². The predicted octanol–water partition coefficient (Wildman–Crippen LogP) is 2.69. The second kappa shape index (κ2) is 6.67. The lowest BCUT2D eigenvalue weighted by Crippen LogP contribution is -2.34. The lowest BCUT2D eigenvalue weighted by Gasteiger charge is -2.21. The zero-order valence-electron chi connectivity index (χ0n) is 13.0. The van der Waals surface area contributed by atoms with Crippen molar-refractivity contribution in [2.45, 2.75) is 63.9 Å². The molecule has 1 aliphatic carbocycles. The maximum absolute atomic E-state index is 13.0. The summed E-state index contributed by atoms with van der Waals surface area (Å²) in [5.74, 6) is 0.546. The second-order valence-electron chi connectivity index (χ2n) is 5.61. The van der Waals surface area contributed by atoms with E-state index in [2.05, 4.69) is 5.10 Å². The topological polar surface area (TPSA) is 55.2 Å². The highest BCUT2D eigenvalue weighted by Gasteiger charge is 2.39. The number of hydrogen-bond donors (Lipinski definition) is 0. The fraction of sp³-hybridized carbons (Fsp3) is 0.786. The van der Waals surface area contributed by atoms with Crippen molar-refractivity contribution in [3.05, 3.63) is 11.4 Å². The Morgan fingerprint density at radius 1 is 1.38 bits per heavy atom. The number of aromatic nitrogens is 2. The Morgan fingerprint density at radius 3 is 2.57 bits per heavy atom. The van der Waals surface area contributed by atoms with Crippen LogP contribution >= 0.6 is 11.6 Å². The van der Waals surface area contributed by atoms with Crippen molar-refractivity contribution in [1.82, 2.24) is 14.1 Å². The van der Waals surface area contributed by atoms with Crippen molar-refractivity contribution in [3.8, 4) is 0 Å². The van der Waals surface area contributed by atoms with E-state index in [-0.39, 0.29) is 6.04 Å². The fourth-order valence-electron chi connectivity index (χ4n) is 2.68. The second-order valence-corrected chi connectivity index (χ2v) is 7.82. The molecule has 0 saturated heterocycles. The van der Waals surface area contributed by atoms with Crippen molar-refractivity contribution < 1.29 is 8.42 Å². The quantitative estimate of drug-likeness (QED) is 0.687. The van der Waals surface area contributed by atoms with Crippen LogP contribution in [0, 0.1) is 13.8 Å². The Labute approximate surface area is 132 Å². The van der Waals surface area contributed by atoms with E-state index in [1.807, 2.05) is 13.8 Å². The molecule has 0 bridgehead atoms. The molecule has 0 aromatic carbocycles. The van der Waals surface area contributed by atoms with Crippen molar-refractivity contribution in [2.24, 2.45) is 0 Å². The first-order valence-electron chi connectivity index (χ1n) is 7.55. The first-order valence-corrected chi connectivity index (χ1v) is 9.52. The molecule has 0 spiro atoms. The number of alkyl halides is 1. The van der Waals surface area contributed by atoms with Crippen LogP contribution in [0.4, 0.5) is 0 Å². The SMILES string of the molecule is CCCN(C1CC1)S(=O)(=O)c1c(C)nn(CCCCl)c1C. The molecular weight excluding hydrogens is 310 g/mol. The minimum Gasteiger partial charge on any atom is -0.268 e. The van der Waals surface area contributed by atoms with Gasteiger partial charge < -0.3 is 0 Å². The Hall–Kier alpha value is -0.590. The summed E-state index contributed by atoms with van der Waals surface area (Å²) in [6.07, 6.45) is 3.55. The third-order valence-electron chi connectivity index (χ3n) is 3.78. The molecule has 0 radical (unpaired) electrons. The Kier molecular flexibility index (Phi) is 5.33. The summed E-state index contributed by atoms with van der Waals surface area (Å²) in [5.41, 5.74) is 1.31. The van der Waals surface area contributed by atoms with Gasteiger partial charge in [-0.15, -0.1) is 11.6 Å².